The highest BCUT2D eigenvalue weighted by molar-refractivity contribution is 6.91. The van der Waals surface area contributed by atoms with Gasteiger partial charge in [0.2, 0.25) is 0 Å². The van der Waals surface area contributed by atoms with Gasteiger partial charge in [0, 0.05) is 10.8 Å². The van der Waals surface area contributed by atoms with Crippen molar-refractivity contribution in [2.75, 3.05) is 10.6 Å². The van der Waals surface area contributed by atoms with Gasteiger partial charge in [-0.25, -0.2) is 9.59 Å². The number of anilines is 2. The molecule has 0 spiro atoms. The molecule has 0 unspecified atom stereocenters. The van der Waals surface area contributed by atoms with Gasteiger partial charge in [-0.15, -0.1) is 11.1 Å². The molecule has 366 valence electrons. The van der Waals surface area contributed by atoms with Gasteiger partial charge in [0.05, 0.1) is 11.4 Å². The van der Waals surface area contributed by atoms with E-state index in [1.165, 1.54) is 38.5 Å². The number of nitrogens with one attached hydrogen (secondary N) is 2. The van der Waals surface area contributed by atoms with Crippen LogP contribution in [0.2, 0.25) is 33.2 Å². The van der Waals surface area contributed by atoms with E-state index in [2.05, 4.69) is 129 Å². The van der Waals surface area contributed by atoms with Crippen molar-refractivity contribution < 1.29 is 19.1 Å². The third kappa shape index (κ3) is 15.8. The van der Waals surface area contributed by atoms with E-state index in [-0.39, 0.29) is 0 Å². The van der Waals surface area contributed by atoms with Gasteiger partial charge in [0.1, 0.15) is 16.1 Å². The van der Waals surface area contributed by atoms with Crippen LogP contribution in [-0.4, -0.2) is 40.5 Å². The highest BCUT2D eigenvalue weighted by Crippen LogP contribution is 2.42. The fourth-order valence-electron chi connectivity index (χ4n) is 10.7. The molecule has 6 nitrogen and oxygen atoms in total. The van der Waals surface area contributed by atoms with Gasteiger partial charge in [0.25, 0.3) is 0 Å². The molecule has 0 saturated carbocycles. The number of carbonyl (C=O) groups is 2. The number of ether oxygens (including phenoxy) is 2. The summed E-state index contributed by atoms with van der Waals surface area (Å²) < 4.78 is 12.1. The third-order valence-electron chi connectivity index (χ3n) is 14.2. The maximum absolute atomic E-state index is 13.3. The van der Waals surface area contributed by atoms with Crippen molar-refractivity contribution in [3.63, 3.8) is 0 Å². The first-order chi connectivity index (χ1) is 32.5. The first-order valence-corrected chi connectivity index (χ1v) is 30.3. The predicted molar refractivity (Wildman–Crippen MR) is 298 cm³/mol. The number of carbonyl (C=O) groups excluding carboxylic acids is 2. The zero-order valence-electron chi connectivity index (χ0n) is 43.7. The number of fused-ring (bicyclic) bond motifs is 2. The van der Waals surface area contributed by atoms with Crippen molar-refractivity contribution in [3.05, 3.63) is 109 Å². The fourth-order valence-corrected chi connectivity index (χ4v) is 21.2. The Morgan fingerprint density at radius 2 is 0.765 bits per heavy atom. The summed E-state index contributed by atoms with van der Waals surface area (Å²) in [5.41, 5.74) is 11.9. The van der Waals surface area contributed by atoms with Gasteiger partial charge in [-0.05, 0) is 94.0 Å². The van der Waals surface area contributed by atoms with Gasteiger partial charge in [-0.2, -0.15) is 0 Å². The van der Waals surface area contributed by atoms with Gasteiger partial charge >= 0.3 is 12.2 Å². The molecule has 2 atom stereocenters. The van der Waals surface area contributed by atoms with E-state index in [9.17, 15) is 9.59 Å². The number of hydrogen-bond acceptors (Lipinski definition) is 4. The lowest BCUT2D eigenvalue weighted by molar-refractivity contribution is 0.154. The van der Waals surface area contributed by atoms with Gasteiger partial charge < -0.3 is 9.47 Å². The largest absolute Gasteiger partial charge is 0.428 e. The van der Waals surface area contributed by atoms with E-state index in [4.69, 9.17) is 9.47 Å². The fraction of sp³-hybridized carbons (Fsp3) is 0.500. The average Bonchev–Trinajstić information content (AvgIpc) is 3.28. The summed E-state index contributed by atoms with van der Waals surface area (Å²) in [7, 11) is -4.03. The smallest absolute Gasteiger partial charge is 0.413 e. The monoisotopic (exact) mass is 953 g/mol. The minimum absolute atomic E-state index is 0.485. The second-order valence-electron chi connectivity index (χ2n) is 20.6. The molecule has 4 aromatic rings. The third-order valence-corrected chi connectivity index (χ3v) is 26.8. The van der Waals surface area contributed by atoms with E-state index < -0.39 is 40.5 Å². The van der Waals surface area contributed by atoms with Gasteiger partial charge in [-0.3, -0.25) is 10.6 Å². The van der Waals surface area contributed by atoms with Crippen LogP contribution in [0.15, 0.2) is 109 Å². The molecule has 0 aromatic heterocycles. The summed E-state index contributed by atoms with van der Waals surface area (Å²) in [4.78, 5) is 26.7. The maximum atomic E-state index is 13.3. The maximum Gasteiger partial charge on any atom is 0.413 e. The van der Waals surface area contributed by atoms with Crippen LogP contribution in [0.1, 0.15) is 147 Å². The zero-order valence-corrected chi connectivity index (χ0v) is 45.7. The molecule has 0 aliphatic rings. The Balaban J connectivity index is 1.26. The predicted octanol–water partition coefficient (Wildman–Crippen LogP) is 18.0. The number of amides is 2. The molecular formula is C60H84N2O4Si2. The van der Waals surface area contributed by atoms with Crippen molar-refractivity contribution in [2.24, 2.45) is 0 Å². The molecule has 0 fully saturated rings. The number of unbranched alkanes of at least 4 members (excludes halogenated alkanes) is 9. The minimum Gasteiger partial charge on any atom is -0.428 e. The molecule has 0 saturated heterocycles. The standard InChI is InChI=1S/C60H84N2O4Si2/c1-45(2)67(46(3)4,47(5)6)43-41-53(65-59(63)61-57-39-29-33-51-31-25-27-37-55(51)57)35-23-21-19-17-15-13-14-16-18-20-22-24-36-54(42-44-68(48(7)8,49(9)10)50(11)12)66-60(64)62-58-40-30-34-52-32-26-28-38-56(52)58/h23-40,45-50,53-54H,13-22H2,1-12H3,(H,61,63)(H,62,64)/b35-23+,36-24+/t53-,54-/m1/s1. The normalized spacial score (nSPS) is 13.1. The summed E-state index contributed by atoms with van der Waals surface area (Å²) in [5, 5.41) is 10.1. The summed E-state index contributed by atoms with van der Waals surface area (Å²) in [6, 6.07) is 27.8. The number of hydrogen-bond donors (Lipinski definition) is 2. The average molecular weight is 954 g/mol. The molecular weight excluding hydrogens is 869 g/mol. The highest BCUT2D eigenvalue weighted by atomic mass is 28.3. The van der Waals surface area contributed by atoms with Crippen LogP contribution >= 0.6 is 0 Å². The number of rotatable bonds is 23. The summed E-state index contributed by atoms with van der Waals surface area (Å²) in [5.74, 6) is 6.92. The highest BCUT2D eigenvalue weighted by Gasteiger charge is 2.43. The zero-order chi connectivity index (χ0) is 49.7. The lowest BCUT2D eigenvalue weighted by atomic mass is 10.1. The second-order valence-corrected chi connectivity index (χ2v) is 31.7. The molecule has 2 N–H and O–H groups in total. The Labute approximate surface area is 413 Å². The summed E-state index contributed by atoms with van der Waals surface area (Å²) in [6.45, 7) is 27.6. The first kappa shape index (κ1) is 55.6. The molecule has 4 aromatic carbocycles. The van der Waals surface area contributed by atoms with Gasteiger partial charge in [0.15, 0.2) is 12.2 Å². The molecule has 68 heavy (non-hydrogen) atoms. The van der Waals surface area contributed by atoms with E-state index in [1.807, 2.05) is 97.1 Å². The summed E-state index contributed by atoms with van der Waals surface area (Å²) >= 11 is 0. The number of allylic oxidation sites excluding steroid dienone is 2. The first-order valence-electron chi connectivity index (χ1n) is 25.8. The minimum atomic E-state index is -2.02. The van der Waals surface area contributed by atoms with E-state index >= 15 is 0 Å². The van der Waals surface area contributed by atoms with Crippen molar-refractivity contribution in [2.45, 2.75) is 193 Å². The lowest BCUT2D eigenvalue weighted by Crippen LogP contribution is -2.43. The van der Waals surface area contributed by atoms with Crippen molar-refractivity contribution in [1.29, 1.82) is 0 Å². The Kier molecular flexibility index (Phi) is 22.8. The van der Waals surface area contributed by atoms with Crippen molar-refractivity contribution in [1.82, 2.24) is 0 Å². The van der Waals surface area contributed by atoms with Crippen LogP contribution in [-0.2, 0) is 9.47 Å². The van der Waals surface area contributed by atoms with Crippen molar-refractivity contribution >= 4 is 61.3 Å². The van der Waals surface area contributed by atoms with Crippen LogP contribution in [0.3, 0.4) is 0 Å². The van der Waals surface area contributed by atoms with Crippen molar-refractivity contribution in [3.8, 4) is 22.9 Å². The molecule has 0 radical (unpaired) electrons. The van der Waals surface area contributed by atoms with E-state index in [0.717, 1.165) is 58.6 Å². The van der Waals surface area contributed by atoms with E-state index in [0.29, 0.717) is 33.2 Å². The van der Waals surface area contributed by atoms with Crippen LogP contribution < -0.4 is 10.6 Å². The molecule has 4 rings (SSSR count). The SMILES string of the molecule is CC(C)[Si](C#C[C@@H](/C=C/CCCCCCCCCC/C=C/[C@H](C#C[Si](C(C)C)(C(C)C)C(C)C)OC(=O)Nc1cccc2ccccc12)OC(=O)Nc1cccc2ccccc12)(C(C)C)C(C)C. The quantitative estimate of drug-likeness (QED) is 0.0336. The molecule has 0 bridgehead atoms. The van der Waals surface area contributed by atoms with Crippen LogP contribution in [0.5, 0.6) is 0 Å². The molecule has 0 aliphatic heterocycles. The van der Waals surface area contributed by atoms with Gasteiger partial charge in [-0.1, -0.05) is 218 Å². The second kappa shape index (κ2) is 27.8. The molecule has 2 amide bonds. The molecule has 0 aliphatic carbocycles. The van der Waals surface area contributed by atoms with E-state index in [1.54, 1.807) is 0 Å². The number of benzene rings is 4. The van der Waals surface area contributed by atoms with Crippen LogP contribution in [0, 0.1) is 22.9 Å². The Morgan fingerprint density at radius 3 is 1.10 bits per heavy atom. The molecule has 0 heterocycles. The topological polar surface area (TPSA) is 76.7 Å². The van der Waals surface area contributed by atoms with Crippen LogP contribution in [0.25, 0.3) is 21.5 Å². The summed E-state index contributed by atoms with van der Waals surface area (Å²) in [6.07, 6.45) is 17.3. The Hall–Kier alpha value is -5.03. The molecule has 8 heteroatoms. The van der Waals surface area contributed by atoms with Crippen LogP contribution in [0.4, 0.5) is 21.0 Å². The lowest BCUT2D eigenvalue weighted by Gasteiger charge is -2.38. The Bertz CT molecular complexity index is 2170. The Morgan fingerprint density at radius 1 is 0.456 bits per heavy atom.